The molecule has 1 fully saturated rings. The predicted octanol–water partition coefficient (Wildman–Crippen LogP) is 3.02. The van der Waals surface area contributed by atoms with Gasteiger partial charge in [0.2, 0.25) is 0 Å². The van der Waals surface area contributed by atoms with Gasteiger partial charge in [0.25, 0.3) is 5.91 Å². The first kappa shape index (κ1) is 16.9. The van der Waals surface area contributed by atoms with Crippen LogP contribution in [0.4, 0.5) is 0 Å². The van der Waals surface area contributed by atoms with Crippen LogP contribution in [-0.2, 0) is 0 Å². The molecule has 1 atom stereocenters. The Hall–Kier alpha value is -2.53. The van der Waals surface area contributed by atoms with Crippen LogP contribution in [0.25, 0.3) is 0 Å². The Labute approximate surface area is 153 Å². The molecule has 0 aliphatic carbocycles. The molecule has 4 rings (SSSR count). The highest BCUT2D eigenvalue weighted by molar-refractivity contribution is 5.94. The van der Waals surface area contributed by atoms with Crippen LogP contribution in [0.15, 0.2) is 48.5 Å². The van der Waals surface area contributed by atoms with Crippen LogP contribution >= 0.6 is 0 Å². The number of fused-ring (bicyclic) bond motifs is 1. The van der Waals surface area contributed by atoms with Crippen LogP contribution in [0, 0.1) is 0 Å². The zero-order valence-electron chi connectivity index (χ0n) is 14.8. The second-order valence-corrected chi connectivity index (χ2v) is 6.74. The number of rotatable bonds is 5. The molecule has 2 aromatic rings. The summed E-state index contributed by atoms with van der Waals surface area (Å²) in [6.07, 6.45) is 2.44. The molecule has 2 aromatic carbocycles. The zero-order valence-corrected chi connectivity index (χ0v) is 14.8. The van der Waals surface area contributed by atoms with Gasteiger partial charge in [-0.1, -0.05) is 30.3 Å². The van der Waals surface area contributed by atoms with E-state index in [-0.39, 0.29) is 11.9 Å². The van der Waals surface area contributed by atoms with Crippen molar-refractivity contribution in [3.8, 4) is 11.5 Å². The number of nitrogens with zero attached hydrogens (tertiary/aromatic N) is 1. The molecule has 0 aromatic heterocycles. The minimum Gasteiger partial charge on any atom is -0.486 e. The molecule has 5 heteroatoms. The van der Waals surface area contributed by atoms with Crippen LogP contribution in [0.3, 0.4) is 0 Å². The quantitative estimate of drug-likeness (QED) is 0.899. The van der Waals surface area contributed by atoms with E-state index in [9.17, 15) is 4.79 Å². The molecule has 0 saturated carbocycles. The van der Waals surface area contributed by atoms with Gasteiger partial charge in [0.1, 0.15) is 13.2 Å². The van der Waals surface area contributed by atoms with Crippen LogP contribution in [0.2, 0.25) is 0 Å². The number of hydrogen-bond donors (Lipinski definition) is 1. The van der Waals surface area contributed by atoms with Gasteiger partial charge in [-0.15, -0.1) is 0 Å². The Kier molecular flexibility index (Phi) is 5.07. The molecule has 1 amide bonds. The highest BCUT2D eigenvalue weighted by atomic mass is 16.6. The highest BCUT2D eigenvalue weighted by Crippen LogP contribution is 2.31. The van der Waals surface area contributed by atoms with Gasteiger partial charge in [-0.25, -0.2) is 0 Å². The fourth-order valence-corrected chi connectivity index (χ4v) is 3.66. The number of benzene rings is 2. The van der Waals surface area contributed by atoms with Crippen LogP contribution < -0.4 is 14.8 Å². The first-order valence-corrected chi connectivity index (χ1v) is 9.28. The number of ether oxygens (including phenoxy) is 2. The largest absolute Gasteiger partial charge is 0.486 e. The third kappa shape index (κ3) is 3.68. The van der Waals surface area contributed by atoms with Crippen molar-refractivity contribution in [3.05, 3.63) is 59.7 Å². The minimum absolute atomic E-state index is 0.0814. The molecule has 0 bridgehead atoms. The van der Waals surface area contributed by atoms with Crippen molar-refractivity contribution in [2.45, 2.75) is 18.9 Å². The lowest BCUT2D eigenvalue weighted by molar-refractivity contribution is 0.0936. The summed E-state index contributed by atoms with van der Waals surface area (Å²) in [6.45, 7) is 3.83. The van der Waals surface area contributed by atoms with Gasteiger partial charge in [-0.3, -0.25) is 9.69 Å². The molecule has 1 N–H and O–H groups in total. The maximum absolute atomic E-state index is 12.7. The van der Waals surface area contributed by atoms with Gasteiger partial charge in [0.15, 0.2) is 11.5 Å². The number of hydrogen-bond acceptors (Lipinski definition) is 4. The van der Waals surface area contributed by atoms with Crippen molar-refractivity contribution >= 4 is 5.91 Å². The number of carbonyl (C=O) groups excluding carboxylic acids is 1. The molecule has 1 unspecified atom stereocenters. The molecule has 0 radical (unpaired) electrons. The standard InChI is InChI=1S/C21H24N2O3/c24-21(17-8-9-19-20(14-17)26-13-12-25-19)22-15-18(23-10-4-5-11-23)16-6-2-1-3-7-16/h1-3,6-9,14,18H,4-5,10-13,15H2,(H,22,24). The average molecular weight is 352 g/mol. The average Bonchev–Trinajstić information content (AvgIpc) is 3.23. The summed E-state index contributed by atoms with van der Waals surface area (Å²) in [4.78, 5) is 15.1. The third-order valence-corrected chi connectivity index (χ3v) is 5.03. The predicted molar refractivity (Wildman–Crippen MR) is 99.8 cm³/mol. The van der Waals surface area contributed by atoms with Crippen molar-refractivity contribution in [1.29, 1.82) is 0 Å². The molecule has 2 aliphatic rings. The van der Waals surface area contributed by atoms with E-state index in [1.807, 2.05) is 6.07 Å². The fourth-order valence-electron chi connectivity index (χ4n) is 3.66. The number of likely N-dealkylation sites (tertiary alicyclic amines) is 1. The van der Waals surface area contributed by atoms with Gasteiger partial charge in [-0.05, 0) is 49.7 Å². The maximum Gasteiger partial charge on any atom is 0.251 e. The highest BCUT2D eigenvalue weighted by Gasteiger charge is 2.24. The normalized spacial score (nSPS) is 17.7. The molecule has 26 heavy (non-hydrogen) atoms. The second-order valence-electron chi connectivity index (χ2n) is 6.74. The summed E-state index contributed by atoms with van der Waals surface area (Å²) in [5.74, 6) is 1.26. The maximum atomic E-state index is 12.7. The summed E-state index contributed by atoms with van der Waals surface area (Å²) in [7, 11) is 0. The van der Waals surface area contributed by atoms with Crippen LogP contribution in [-0.4, -0.2) is 43.7 Å². The van der Waals surface area contributed by atoms with Gasteiger partial charge in [0.05, 0.1) is 6.04 Å². The molecule has 136 valence electrons. The number of carbonyl (C=O) groups is 1. The molecule has 2 heterocycles. The van der Waals surface area contributed by atoms with Crippen LogP contribution in [0.1, 0.15) is 34.8 Å². The zero-order chi connectivity index (χ0) is 17.8. The van der Waals surface area contributed by atoms with E-state index < -0.39 is 0 Å². The second kappa shape index (κ2) is 7.79. The lowest BCUT2D eigenvalue weighted by atomic mass is 10.1. The van der Waals surface area contributed by atoms with E-state index in [1.54, 1.807) is 18.2 Å². The molecule has 0 spiro atoms. The van der Waals surface area contributed by atoms with Crippen molar-refractivity contribution < 1.29 is 14.3 Å². The van der Waals surface area contributed by atoms with E-state index in [2.05, 4.69) is 34.5 Å². The van der Waals surface area contributed by atoms with E-state index in [4.69, 9.17) is 9.47 Å². The van der Waals surface area contributed by atoms with Crippen molar-refractivity contribution in [2.24, 2.45) is 0 Å². The number of nitrogens with one attached hydrogen (secondary N) is 1. The van der Waals surface area contributed by atoms with Gasteiger partial charge in [-0.2, -0.15) is 0 Å². The lowest BCUT2D eigenvalue weighted by Gasteiger charge is -2.28. The monoisotopic (exact) mass is 352 g/mol. The van der Waals surface area contributed by atoms with Crippen LogP contribution in [0.5, 0.6) is 11.5 Å². The fraction of sp³-hybridized carbons (Fsp3) is 0.381. The molecule has 1 saturated heterocycles. The van der Waals surface area contributed by atoms with Crippen molar-refractivity contribution in [1.82, 2.24) is 10.2 Å². The summed E-state index contributed by atoms with van der Waals surface area (Å²) in [6, 6.07) is 16.0. The van der Waals surface area contributed by atoms with E-state index >= 15 is 0 Å². The van der Waals surface area contributed by atoms with E-state index in [0.29, 0.717) is 36.8 Å². The van der Waals surface area contributed by atoms with E-state index in [1.165, 1.54) is 18.4 Å². The Balaban J connectivity index is 1.46. The van der Waals surface area contributed by atoms with Gasteiger partial charge < -0.3 is 14.8 Å². The first-order chi connectivity index (χ1) is 12.8. The van der Waals surface area contributed by atoms with Crippen molar-refractivity contribution in [3.63, 3.8) is 0 Å². The molecule has 2 aliphatic heterocycles. The Morgan fingerprint density at radius 2 is 1.73 bits per heavy atom. The topological polar surface area (TPSA) is 50.8 Å². The Morgan fingerprint density at radius 3 is 2.50 bits per heavy atom. The lowest BCUT2D eigenvalue weighted by Crippen LogP contribution is -2.36. The number of amides is 1. The molecular formula is C21H24N2O3. The first-order valence-electron chi connectivity index (χ1n) is 9.28. The van der Waals surface area contributed by atoms with E-state index in [0.717, 1.165) is 13.1 Å². The summed E-state index contributed by atoms with van der Waals surface area (Å²) in [5, 5.41) is 3.10. The molecular weight excluding hydrogens is 328 g/mol. The summed E-state index contributed by atoms with van der Waals surface area (Å²) < 4.78 is 11.1. The van der Waals surface area contributed by atoms with Crippen molar-refractivity contribution in [2.75, 3.05) is 32.8 Å². The Bertz CT molecular complexity index is 757. The smallest absolute Gasteiger partial charge is 0.251 e. The Morgan fingerprint density at radius 1 is 1.00 bits per heavy atom. The summed E-state index contributed by atoms with van der Waals surface area (Å²) in [5.41, 5.74) is 1.85. The SMILES string of the molecule is O=C(NCC(c1ccccc1)N1CCCC1)c1ccc2c(c1)OCCO2. The van der Waals surface area contributed by atoms with Gasteiger partial charge in [0, 0.05) is 12.1 Å². The molecule has 5 nitrogen and oxygen atoms in total. The minimum atomic E-state index is -0.0814. The third-order valence-electron chi connectivity index (χ3n) is 5.03. The summed E-state index contributed by atoms with van der Waals surface area (Å²) >= 11 is 0. The van der Waals surface area contributed by atoms with Gasteiger partial charge >= 0.3 is 0 Å².